The van der Waals surface area contributed by atoms with Crippen molar-refractivity contribution >= 4 is 12.1 Å². The molecule has 0 fully saturated rings. The van der Waals surface area contributed by atoms with Crippen LogP contribution in [0.1, 0.15) is 48.0 Å². The van der Waals surface area contributed by atoms with Crippen LogP contribution in [-0.4, -0.2) is 56.2 Å². The lowest BCUT2D eigenvalue weighted by molar-refractivity contribution is -0.156. The fourth-order valence-corrected chi connectivity index (χ4v) is 1.41. The van der Waals surface area contributed by atoms with Crippen LogP contribution in [0.5, 0.6) is 0 Å². The van der Waals surface area contributed by atoms with Gasteiger partial charge in [-0.1, -0.05) is 0 Å². The maximum absolute atomic E-state index is 11.4. The number of carbonyl (C=O) groups is 2. The van der Waals surface area contributed by atoms with E-state index in [1.807, 2.05) is 20.8 Å². The van der Waals surface area contributed by atoms with E-state index in [1.54, 1.807) is 20.8 Å². The SMILES string of the molecule is CC(C)(C)OC(=O)CCOCCOCCNC(=O)OC(C)(C)C. The van der Waals surface area contributed by atoms with Crippen LogP contribution in [0.4, 0.5) is 4.79 Å². The van der Waals surface area contributed by atoms with E-state index >= 15 is 0 Å². The first-order chi connectivity index (χ1) is 10.5. The van der Waals surface area contributed by atoms with Gasteiger partial charge in [0.1, 0.15) is 11.2 Å². The highest BCUT2D eigenvalue weighted by atomic mass is 16.6. The van der Waals surface area contributed by atoms with Crippen molar-refractivity contribution in [2.75, 3.05) is 33.0 Å². The van der Waals surface area contributed by atoms with Gasteiger partial charge < -0.3 is 24.3 Å². The van der Waals surface area contributed by atoms with Gasteiger partial charge in [-0.15, -0.1) is 0 Å². The Labute approximate surface area is 139 Å². The normalized spacial score (nSPS) is 11.9. The van der Waals surface area contributed by atoms with Gasteiger partial charge in [-0.25, -0.2) is 4.79 Å². The minimum atomic E-state index is -0.507. The molecule has 0 atom stereocenters. The fourth-order valence-electron chi connectivity index (χ4n) is 1.41. The summed E-state index contributed by atoms with van der Waals surface area (Å²) in [6.45, 7) is 12.7. The maximum atomic E-state index is 11.4. The topological polar surface area (TPSA) is 83.1 Å². The highest BCUT2D eigenvalue weighted by Gasteiger charge is 2.16. The molecule has 0 heterocycles. The van der Waals surface area contributed by atoms with Crippen LogP contribution in [0.2, 0.25) is 0 Å². The standard InChI is InChI=1S/C16H31NO6/c1-15(2,3)22-13(18)7-9-20-11-12-21-10-8-17-14(19)23-16(4,5)6/h7-12H2,1-6H3,(H,17,19). The molecule has 0 aliphatic rings. The van der Waals surface area contributed by atoms with Gasteiger partial charge in [0.05, 0.1) is 32.8 Å². The molecule has 23 heavy (non-hydrogen) atoms. The number of carbonyl (C=O) groups excluding carboxylic acids is 2. The lowest BCUT2D eigenvalue weighted by Crippen LogP contribution is -2.34. The highest BCUT2D eigenvalue weighted by Crippen LogP contribution is 2.08. The zero-order valence-corrected chi connectivity index (χ0v) is 15.2. The van der Waals surface area contributed by atoms with E-state index in [-0.39, 0.29) is 12.4 Å². The summed E-state index contributed by atoms with van der Waals surface area (Å²) in [5.41, 5.74) is -0.978. The third-order valence-electron chi connectivity index (χ3n) is 2.16. The summed E-state index contributed by atoms with van der Waals surface area (Å²) in [5.74, 6) is -0.278. The summed E-state index contributed by atoms with van der Waals surface area (Å²) in [5, 5.41) is 2.59. The number of hydrogen-bond donors (Lipinski definition) is 1. The summed E-state index contributed by atoms with van der Waals surface area (Å²) in [6, 6.07) is 0. The predicted molar refractivity (Wildman–Crippen MR) is 86.3 cm³/mol. The van der Waals surface area contributed by atoms with Crippen molar-refractivity contribution in [1.82, 2.24) is 5.32 Å². The number of esters is 1. The smallest absolute Gasteiger partial charge is 0.407 e. The molecule has 0 rings (SSSR count). The Morgan fingerprint density at radius 1 is 0.783 bits per heavy atom. The molecular formula is C16H31NO6. The molecule has 0 aliphatic heterocycles. The first-order valence-corrected chi connectivity index (χ1v) is 7.84. The number of rotatable bonds is 9. The van der Waals surface area contributed by atoms with E-state index in [2.05, 4.69) is 5.32 Å². The van der Waals surface area contributed by atoms with Crippen LogP contribution in [0, 0.1) is 0 Å². The van der Waals surface area contributed by atoms with Crippen LogP contribution in [0.3, 0.4) is 0 Å². The summed E-state index contributed by atoms with van der Waals surface area (Å²) in [4.78, 5) is 22.7. The van der Waals surface area contributed by atoms with Crippen molar-refractivity contribution in [1.29, 1.82) is 0 Å². The Balaban J connectivity index is 3.41. The molecule has 0 unspecified atom stereocenters. The van der Waals surface area contributed by atoms with E-state index in [1.165, 1.54) is 0 Å². The second kappa shape index (κ2) is 10.4. The van der Waals surface area contributed by atoms with Crippen LogP contribution in [0.25, 0.3) is 0 Å². The number of alkyl carbamates (subject to hydrolysis) is 1. The van der Waals surface area contributed by atoms with E-state index in [0.717, 1.165) is 0 Å². The van der Waals surface area contributed by atoms with Gasteiger partial charge in [-0.3, -0.25) is 4.79 Å². The second-order valence-corrected chi connectivity index (χ2v) is 6.99. The molecule has 0 aliphatic carbocycles. The zero-order valence-electron chi connectivity index (χ0n) is 15.2. The zero-order chi connectivity index (χ0) is 17.9. The Morgan fingerprint density at radius 2 is 1.30 bits per heavy atom. The molecule has 1 N–H and O–H groups in total. The highest BCUT2D eigenvalue weighted by molar-refractivity contribution is 5.69. The van der Waals surface area contributed by atoms with Crippen molar-refractivity contribution in [3.63, 3.8) is 0 Å². The van der Waals surface area contributed by atoms with E-state index in [0.29, 0.717) is 33.0 Å². The van der Waals surface area contributed by atoms with E-state index in [9.17, 15) is 9.59 Å². The summed E-state index contributed by atoms with van der Waals surface area (Å²) in [7, 11) is 0. The van der Waals surface area contributed by atoms with Gasteiger partial charge in [0.2, 0.25) is 0 Å². The van der Waals surface area contributed by atoms with Crippen LogP contribution in [-0.2, 0) is 23.7 Å². The molecule has 0 spiro atoms. The molecule has 136 valence electrons. The Morgan fingerprint density at radius 3 is 1.83 bits per heavy atom. The number of nitrogens with one attached hydrogen (secondary N) is 1. The summed E-state index contributed by atoms with van der Waals surface area (Å²) in [6.07, 6.45) is -0.244. The average molecular weight is 333 g/mol. The number of ether oxygens (including phenoxy) is 4. The van der Waals surface area contributed by atoms with Crippen molar-refractivity contribution in [2.24, 2.45) is 0 Å². The van der Waals surface area contributed by atoms with Gasteiger partial charge in [0, 0.05) is 6.54 Å². The van der Waals surface area contributed by atoms with Crippen LogP contribution in [0.15, 0.2) is 0 Å². The monoisotopic (exact) mass is 333 g/mol. The maximum Gasteiger partial charge on any atom is 0.407 e. The van der Waals surface area contributed by atoms with E-state index in [4.69, 9.17) is 18.9 Å². The van der Waals surface area contributed by atoms with Crippen molar-refractivity contribution < 1.29 is 28.5 Å². The molecular weight excluding hydrogens is 302 g/mol. The van der Waals surface area contributed by atoms with Crippen LogP contribution >= 0.6 is 0 Å². The Kier molecular flexibility index (Phi) is 9.83. The van der Waals surface area contributed by atoms with Crippen molar-refractivity contribution in [2.45, 2.75) is 59.2 Å². The lowest BCUT2D eigenvalue weighted by Gasteiger charge is -2.19. The largest absolute Gasteiger partial charge is 0.460 e. The Bertz CT molecular complexity index is 323. The minimum Gasteiger partial charge on any atom is -0.460 e. The molecule has 0 saturated carbocycles. The van der Waals surface area contributed by atoms with Crippen molar-refractivity contribution in [3.05, 3.63) is 0 Å². The molecule has 1 amide bonds. The van der Waals surface area contributed by atoms with Gasteiger partial charge in [0.25, 0.3) is 0 Å². The fraction of sp³-hybridized carbons (Fsp3) is 0.875. The van der Waals surface area contributed by atoms with Crippen LogP contribution < -0.4 is 5.32 Å². The third kappa shape index (κ3) is 16.9. The predicted octanol–water partition coefficient (Wildman–Crippen LogP) is 2.28. The molecule has 7 heteroatoms. The van der Waals surface area contributed by atoms with E-state index < -0.39 is 17.3 Å². The van der Waals surface area contributed by atoms with Gasteiger partial charge >= 0.3 is 12.1 Å². The first kappa shape index (κ1) is 21.7. The number of amides is 1. The lowest BCUT2D eigenvalue weighted by atomic mass is 10.2. The molecule has 0 bridgehead atoms. The average Bonchev–Trinajstić information content (AvgIpc) is 2.32. The number of hydrogen-bond acceptors (Lipinski definition) is 6. The molecule has 0 saturated heterocycles. The Hall–Kier alpha value is -1.34. The second-order valence-electron chi connectivity index (χ2n) is 6.99. The quantitative estimate of drug-likeness (QED) is 0.515. The molecule has 0 aromatic heterocycles. The first-order valence-electron chi connectivity index (χ1n) is 7.84. The van der Waals surface area contributed by atoms with Gasteiger partial charge in [-0.05, 0) is 41.5 Å². The summed E-state index contributed by atoms with van der Waals surface area (Å²) < 4.78 is 20.8. The molecule has 0 radical (unpaired) electrons. The molecule has 0 aromatic carbocycles. The molecule has 0 aromatic rings. The van der Waals surface area contributed by atoms with Gasteiger partial charge in [-0.2, -0.15) is 0 Å². The van der Waals surface area contributed by atoms with Crippen molar-refractivity contribution in [3.8, 4) is 0 Å². The third-order valence-corrected chi connectivity index (χ3v) is 2.16. The summed E-state index contributed by atoms with van der Waals surface area (Å²) >= 11 is 0. The minimum absolute atomic E-state index is 0.220. The van der Waals surface area contributed by atoms with Gasteiger partial charge in [0.15, 0.2) is 0 Å². The molecule has 7 nitrogen and oxygen atoms in total.